The predicted octanol–water partition coefficient (Wildman–Crippen LogP) is 1.45. The van der Waals surface area contributed by atoms with E-state index in [1.54, 1.807) is 6.07 Å². The molecule has 5 heteroatoms. The molecule has 1 saturated heterocycles. The van der Waals surface area contributed by atoms with E-state index < -0.39 is 6.10 Å². The molecule has 4 nitrogen and oxygen atoms in total. The third-order valence-corrected chi connectivity index (χ3v) is 4.28. The van der Waals surface area contributed by atoms with Crippen molar-refractivity contribution < 1.29 is 9.84 Å². The van der Waals surface area contributed by atoms with E-state index in [0.29, 0.717) is 23.2 Å². The largest absolute Gasteiger partial charge is 0.489 e. The van der Waals surface area contributed by atoms with Crippen molar-refractivity contribution in [3.63, 3.8) is 0 Å². The van der Waals surface area contributed by atoms with E-state index in [4.69, 9.17) is 10.5 Å². The second-order valence-electron chi connectivity index (χ2n) is 4.94. The Morgan fingerprint density at radius 1 is 1.53 bits per heavy atom. The number of nitrogen functional groups attached to an aromatic ring is 1. The molecular weight excluding hydrogens is 260 g/mol. The van der Waals surface area contributed by atoms with Crippen molar-refractivity contribution in [1.82, 2.24) is 4.90 Å². The molecule has 1 heterocycles. The van der Waals surface area contributed by atoms with Crippen molar-refractivity contribution in [3.05, 3.63) is 24.3 Å². The van der Waals surface area contributed by atoms with Crippen LogP contribution in [-0.2, 0) is 0 Å². The van der Waals surface area contributed by atoms with Gasteiger partial charge in [0.25, 0.3) is 0 Å². The number of hydrogen-bond acceptors (Lipinski definition) is 5. The maximum atomic E-state index is 10.0. The molecule has 1 aromatic carbocycles. The highest BCUT2D eigenvalue weighted by Gasteiger charge is 2.19. The van der Waals surface area contributed by atoms with E-state index >= 15 is 0 Å². The van der Waals surface area contributed by atoms with Gasteiger partial charge in [-0.15, -0.1) is 0 Å². The molecule has 106 valence electrons. The lowest BCUT2D eigenvalue weighted by molar-refractivity contribution is 0.0700. The Labute approximate surface area is 118 Å². The van der Waals surface area contributed by atoms with Crippen LogP contribution in [0.5, 0.6) is 5.75 Å². The molecular formula is C14H22N2O2S. The first-order chi connectivity index (χ1) is 9.15. The Bertz CT molecular complexity index is 403. The molecule has 0 spiro atoms. The van der Waals surface area contributed by atoms with E-state index in [2.05, 4.69) is 11.8 Å². The van der Waals surface area contributed by atoms with Gasteiger partial charge in [0.1, 0.15) is 18.5 Å². The summed E-state index contributed by atoms with van der Waals surface area (Å²) in [7, 11) is 0. The van der Waals surface area contributed by atoms with Crippen molar-refractivity contribution >= 4 is 17.4 Å². The van der Waals surface area contributed by atoms with Crippen LogP contribution in [0.15, 0.2) is 24.3 Å². The van der Waals surface area contributed by atoms with Gasteiger partial charge in [-0.3, -0.25) is 4.90 Å². The van der Waals surface area contributed by atoms with Gasteiger partial charge in [0.2, 0.25) is 0 Å². The molecule has 19 heavy (non-hydrogen) atoms. The summed E-state index contributed by atoms with van der Waals surface area (Å²) in [6.45, 7) is 5.25. The number of nitrogens with zero attached hydrogens (tertiary/aromatic N) is 1. The minimum absolute atomic E-state index is 0.284. The average molecular weight is 282 g/mol. The molecule has 0 aromatic heterocycles. The monoisotopic (exact) mass is 282 g/mol. The summed E-state index contributed by atoms with van der Waals surface area (Å²) in [4.78, 5) is 2.30. The molecule has 1 aliphatic heterocycles. The number of hydrogen-bond donors (Lipinski definition) is 2. The van der Waals surface area contributed by atoms with E-state index in [1.807, 2.05) is 30.0 Å². The van der Waals surface area contributed by atoms with Gasteiger partial charge in [0, 0.05) is 30.6 Å². The maximum Gasteiger partial charge on any atom is 0.142 e. The third kappa shape index (κ3) is 4.60. The Balaban J connectivity index is 1.75. The average Bonchev–Trinajstić information content (AvgIpc) is 2.38. The Morgan fingerprint density at radius 3 is 3.05 bits per heavy atom. The number of para-hydroxylation sites is 2. The van der Waals surface area contributed by atoms with Crippen molar-refractivity contribution in [3.8, 4) is 5.75 Å². The summed E-state index contributed by atoms with van der Waals surface area (Å²) in [5.74, 6) is 1.78. The number of aliphatic hydroxyl groups is 1. The first-order valence-electron chi connectivity index (χ1n) is 6.64. The number of aliphatic hydroxyl groups excluding tert-OH is 1. The molecule has 3 N–H and O–H groups in total. The summed E-state index contributed by atoms with van der Waals surface area (Å²) in [6.07, 6.45) is -0.477. The van der Waals surface area contributed by atoms with Crippen molar-refractivity contribution in [2.75, 3.05) is 37.7 Å². The van der Waals surface area contributed by atoms with Crippen LogP contribution in [0.25, 0.3) is 0 Å². The zero-order valence-corrected chi connectivity index (χ0v) is 12.1. The second kappa shape index (κ2) is 7.03. The number of nitrogens with two attached hydrogens (primary N) is 1. The highest BCUT2D eigenvalue weighted by Crippen LogP contribution is 2.20. The normalized spacial score (nSPS) is 22.1. The summed E-state index contributed by atoms with van der Waals surface area (Å²) in [6, 6.07) is 7.36. The molecule has 2 atom stereocenters. The van der Waals surface area contributed by atoms with Gasteiger partial charge in [0.15, 0.2) is 0 Å². The fourth-order valence-corrected chi connectivity index (χ4v) is 3.29. The first-order valence-corrected chi connectivity index (χ1v) is 7.69. The van der Waals surface area contributed by atoms with E-state index in [-0.39, 0.29) is 6.61 Å². The van der Waals surface area contributed by atoms with Gasteiger partial charge in [0.05, 0.1) is 5.69 Å². The molecule has 1 aliphatic rings. The molecule has 0 amide bonds. The SMILES string of the molecule is CC1CN(CC(O)COc2ccccc2N)CCS1. The van der Waals surface area contributed by atoms with E-state index in [1.165, 1.54) is 0 Å². The lowest BCUT2D eigenvalue weighted by Gasteiger charge is -2.31. The van der Waals surface area contributed by atoms with Crippen LogP contribution in [-0.4, -0.2) is 53.4 Å². The fourth-order valence-electron chi connectivity index (χ4n) is 2.21. The summed E-state index contributed by atoms with van der Waals surface area (Å²) in [5, 5.41) is 10.7. The number of anilines is 1. The Morgan fingerprint density at radius 2 is 2.32 bits per heavy atom. The van der Waals surface area contributed by atoms with Gasteiger partial charge >= 0.3 is 0 Å². The predicted molar refractivity (Wildman–Crippen MR) is 80.7 cm³/mol. The van der Waals surface area contributed by atoms with E-state index in [0.717, 1.165) is 18.8 Å². The summed E-state index contributed by atoms with van der Waals surface area (Å²) < 4.78 is 5.56. The lowest BCUT2D eigenvalue weighted by Crippen LogP contribution is -2.42. The Kier molecular flexibility index (Phi) is 5.36. The molecule has 2 rings (SSSR count). The Hall–Kier alpha value is -0.910. The van der Waals surface area contributed by atoms with Gasteiger partial charge in [-0.1, -0.05) is 19.1 Å². The number of rotatable bonds is 5. The quantitative estimate of drug-likeness (QED) is 0.801. The number of β-amino-alcohol motifs (C(OH)–C–C–N with tert-alkyl or cyclic N) is 1. The van der Waals surface area contributed by atoms with Crippen LogP contribution in [0.2, 0.25) is 0 Å². The second-order valence-corrected chi connectivity index (χ2v) is 6.49. The summed E-state index contributed by atoms with van der Waals surface area (Å²) in [5.41, 5.74) is 6.40. The molecule has 0 bridgehead atoms. The molecule has 0 radical (unpaired) electrons. The lowest BCUT2D eigenvalue weighted by atomic mass is 10.3. The fraction of sp³-hybridized carbons (Fsp3) is 0.571. The zero-order valence-electron chi connectivity index (χ0n) is 11.3. The van der Waals surface area contributed by atoms with E-state index in [9.17, 15) is 5.11 Å². The van der Waals surface area contributed by atoms with Crippen LogP contribution in [0, 0.1) is 0 Å². The number of ether oxygens (including phenoxy) is 1. The highest BCUT2D eigenvalue weighted by atomic mass is 32.2. The molecule has 0 aliphatic carbocycles. The van der Waals surface area contributed by atoms with Crippen molar-refractivity contribution in [2.24, 2.45) is 0 Å². The summed E-state index contributed by atoms with van der Waals surface area (Å²) >= 11 is 1.99. The van der Waals surface area contributed by atoms with Crippen LogP contribution in [0.3, 0.4) is 0 Å². The van der Waals surface area contributed by atoms with Crippen LogP contribution in [0.4, 0.5) is 5.69 Å². The smallest absolute Gasteiger partial charge is 0.142 e. The van der Waals surface area contributed by atoms with Crippen LogP contribution >= 0.6 is 11.8 Å². The van der Waals surface area contributed by atoms with Crippen molar-refractivity contribution in [2.45, 2.75) is 18.3 Å². The first kappa shape index (κ1) is 14.5. The standard InChI is InChI=1S/C14H22N2O2S/c1-11-8-16(6-7-19-11)9-12(17)10-18-14-5-3-2-4-13(14)15/h2-5,11-12,17H,6-10,15H2,1H3. The van der Waals surface area contributed by atoms with Gasteiger partial charge in [-0.25, -0.2) is 0 Å². The topological polar surface area (TPSA) is 58.7 Å². The minimum atomic E-state index is -0.477. The third-order valence-electron chi connectivity index (χ3n) is 3.14. The van der Waals surface area contributed by atoms with Crippen LogP contribution < -0.4 is 10.5 Å². The molecule has 0 saturated carbocycles. The van der Waals surface area contributed by atoms with Crippen molar-refractivity contribution in [1.29, 1.82) is 0 Å². The minimum Gasteiger partial charge on any atom is -0.489 e. The highest BCUT2D eigenvalue weighted by molar-refractivity contribution is 7.99. The number of thioether (sulfide) groups is 1. The van der Waals surface area contributed by atoms with Gasteiger partial charge in [-0.2, -0.15) is 11.8 Å². The molecule has 2 unspecified atom stereocenters. The van der Waals surface area contributed by atoms with Gasteiger partial charge < -0.3 is 15.6 Å². The molecule has 1 fully saturated rings. The zero-order chi connectivity index (χ0) is 13.7. The molecule has 1 aromatic rings. The van der Waals surface area contributed by atoms with Crippen LogP contribution in [0.1, 0.15) is 6.92 Å². The van der Waals surface area contributed by atoms with Gasteiger partial charge in [-0.05, 0) is 12.1 Å². The maximum absolute atomic E-state index is 10.0. The number of benzene rings is 1.